The van der Waals surface area contributed by atoms with Crippen LogP contribution in [0.4, 0.5) is 0 Å². The Morgan fingerprint density at radius 3 is 2.32 bits per heavy atom. The van der Waals surface area contributed by atoms with Gasteiger partial charge >= 0.3 is 0 Å². The van der Waals surface area contributed by atoms with E-state index < -0.39 is 0 Å². The maximum absolute atomic E-state index is 12.7. The molecule has 2 heterocycles. The summed E-state index contributed by atoms with van der Waals surface area (Å²) in [5.41, 5.74) is 1.85. The van der Waals surface area contributed by atoms with Crippen LogP contribution in [-0.2, 0) is 0 Å². The summed E-state index contributed by atoms with van der Waals surface area (Å²) >= 11 is 0. The normalized spacial score (nSPS) is 14.9. The lowest BCUT2D eigenvalue weighted by atomic mass is 10.00. The van der Waals surface area contributed by atoms with Crippen LogP contribution in [0, 0.1) is 6.92 Å². The van der Waals surface area contributed by atoms with E-state index in [9.17, 15) is 9.59 Å². The fourth-order valence-electron chi connectivity index (χ4n) is 2.88. The zero-order valence-electron chi connectivity index (χ0n) is 12.7. The molecule has 1 aromatic heterocycles. The predicted octanol–water partition coefficient (Wildman–Crippen LogP) is 2.51. The first-order valence-corrected chi connectivity index (χ1v) is 7.61. The largest absolute Gasteiger partial charge is 0.339 e. The fourth-order valence-corrected chi connectivity index (χ4v) is 2.88. The molecule has 2 aromatic rings. The predicted molar refractivity (Wildman–Crippen MR) is 82.9 cm³/mol. The van der Waals surface area contributed by atoms with Crippen LogP contribution in [0.25, 0.3) is 0 Å². The SMILES string of the molecule is Cc1c(C(=O)N2CCCCC2)cccc1C(=O)n1cccn1. The van der Waals surface area contributed by atoms with Gasteiger partial charge in [0.15, 0.2) is 0 Å². The molecule has 3 rings (SSSR count). The number of benzene rings is 1. The zero-order chi connectivity index (χ0) is 15.5. The van der Waals surface area contributed by atoms with Crippen molar-refractivity contribution in [3.63, 3.8) is 0 Å². The van der Waals surface area contributed by atoms with Gasteiger partial charge in [-0.15, -0.1) is 0 Å². The average molecular weight is 297 g/mol. The minimum Gasteiger partial charge on any atom is -0.339 e. The van der Waals surface area contributed by atoms with Gasteiger partial charge in [-0.05, 0) is 49.9 Å². The maximum atomic E-state index is 12.7. The summed E-state index contributed by atoms with van der Waals surface area (Å²) in [6, 6.07) is 7.01. The molecule has 0 atom stereocenters. The van der Waals surface area contributed by atoms with Crippen molar-refractivity contribution in [2.24, 2.45) is 0 Å². The van der Waals surface area contributed by atoms with Gasteiger partial charge in [-0.1, -0.05) is 6.07 Å². The van der Waals surface area contributed by atoms with Crippen molar-refractivity contribution in [1.82, 2.24) is 14.7 Å². The second-order valence-electron chi connectivity index (χ2n) is 5.59. The van der Waals surface area contributed by atoms with Gasteiger partial charge in [0.25, 0.3) is 11.8 Å². The summed E-state index contributed by atoms with van der Waals surface area (Å²) in [5, 5.41) is 3.97. The number of likely N-dealkylation sites (tertiary alicyclic amines) is 1. The van der Waals surface area contributed by atoms with Crippen molar-refractivity contribution in [3.05, 3.63) is 53.3 Å². The summed E-state index contributed by atoms with van der Waals surface area (Å²) < 4.78 is 1.29. The number of nitrogens with zero attached hydrogens (tertiary/aromatic N) is 3. The van der Waals surface area contributed by atoms with E-state index in [1.165, 1.54) is 11.1 Å². The standard InChI is InChI=1S/C17H19N3O2/c1-13-14(16(21)19-10-3-2-4-11-19)7-5-8-15(13)17(22)20-12-6-9-18-20/h5-9,12H,2-4,10-11H2,1H3. The molecule has 1 fully saturated rings. The van der Waals surface area contributed by atoms with Crippen LogP contribution in [0.15, 0.2) is 36.7 Å². The molecule has 5 nitrogen and oxygen atoms in total. The van der Waals surface area contributed by atoms with E-state index in [2.05, 4.69) is 5.10 Å². The number of carbonyl (C=O) groups excluding carboxylic acids is 2. The summed E-state index contributed by atoms with van der Waals surface area (Å²) in [5.74, 6) is -0.192. The molecule has 0 saturated carbocycles. The molecule has 5 heteroatoms. The minimum absolute atomic E-state index is 0.0207. The fraction of sp³-hybridized carbons (Fsp3) is 0.353. The smallest absolute Gasteiger partial charge is 0.278 e. The van der Waals surface area contributed by atoms with Crippen molar-refractivity contribution in [3.8, 4) is 0 Å². The van der Waals surface area contributed by atoms with Gasteiger partial charge in [0.1, 0.15) is 0 Å². The Morgan fingerprint density at radius 1 is 1.00 bits per heavy atom. The molecule has 0 N–H and O–H groups in total. The highest BCUT2D eigenvalue weighted by Crippen LogP contribution is 2.19. The van der Waals surface area contributed by atoms with Gasteiger partial charge < -0.3 is 4.90 Å². The van der Waals surface area contributed by atoms with Gasteiger partial charge in [-0.3, -0.25) is 9.59 Å². The van der Waals surface area contributed by atoms with E-state index in [-0.39, 0.29) is 11.8 Å². The first kappa shape index (κ1) is 14.5. The van der Waals surface area contributed by atoms with E-state index in [1.807, 2.05) is 11.8 Å². The van der Waals surface area contributed by atoms with Crippen LogP contribution in [0.2, 0.25) is 0 Å². The van der Waals surface area contributed by atoms with E-state index in [4.69, 9.17) is 0 Å². The quantitative estimate of drug-likeness (QED) is 0.856. The van der Waals surface area contributed by atoms with Crippen molar-refractivity contribution in [2.75, 3.05) is 13.1 Å². The molecule has 1 saturated heterocycles. The summed E-state index contributed by atoms with van der Waals surface area (Å²) in [6.07, 6.45) is 6.46. The molecule has 0 bridgehead atoms. The lowest BCUT2D eigenvalue weighted by Gasteiger charge is -2.27. The van der Waals surface area contributed by atoms with Gasteiger partial charge in [0, 0.05) is 36.6 Å². The maximum Gasteiger partial charge on any atom is 0.278 e. The molecular formula is C17H19N3O2. The lowest BCUT2D eigenvalue weighted by Crippen LogP contribution is -2.36. The first-order chi connectivity index (χ1) is 10.7. The van der Waals surface area contributed by atoms with E-state index >= 15 is 0 Å². The van der Waals surface area contributed by atoms with Crippen LogP contribution in [-0.4, -0.2) is 39.6 Å². The molecule has 1 aliphatic heterocycles. The molecule has 0 aliphatic carbocycles. The number of hydrogen-bond donors (Lipinski definition) is 0. The Bertz CT molecular complexity index is 686. The monoisotopic (exact) mass is 297 g/mol. The van der Waals surface area contributed by atoms with Crippen LogP contribution >= 0.6 is 0 Å². The van der Waals surface area contributed by atoms with Crippen molar-refractivity contribution < 1.29 is 9.59 Å². The molecule has 0 spiro atoms. The van der Waals surface area contributed by atoms with Gasteiger partial charge in [-0.25, -0.2) is 4.68 Å². The Hall–Kier alpha value is -2.43. The molecule has 22 heavy (non-hydrogen) atoms. The van der Waals surface area contributed by atoms with Gasteiger partial charge in [0.05, 0.1) is 0 Å². The number of rotatable bonds is 2. The van der Waals surface area contributed by atoms with Crippen LogP contribution in [0.3, 0.4) is 0 Å². The van der Waals surface area contributed by atoms with E-state index in [1.54, 1.807) is 36.7 Å². The van der Waals surface area contributed by atoms with Gasteiger partial charge in [0.2, 0.25) is 0 Å². The molecular weight excluding hydrogens is 278 g/mol. The molecule has 114 valence electrons. The average Bonchev–Trinajstić information content (AvgIpc) is 3.09. The molecule has 1 aliphatic rings. The third-order valence-corrected chi connectivity index (χ3v) is 4.15. The van der Waals surface area contributed by atoms with Gasteiger partial charge in [-0.2, -0.15) is 5.10 Å². The number of carbonyl (C=O) groups is 2. The summed E-state index contributed by atoms with van der Waals surface area (Å²) in [4.78, 5) is 27.0. The Morgan fingerprint density at radius 2 is 1.68 bits per heavy atom. The van der Waals surface area contributed by atoms with E-state index in [0.717, 1.165) is 31.5 Å². The van der Waals surface area contributed by atoms with Crippen LogP contribution in [0.1, 0.15) is 45.5 Å². The number of amides is 1. The third-order valence-electron chi connectivity index (χ3n) is 4.15. The second kappa shape index (κ2) is 6.13. The van der Waals surface area contributed by atoms with Crippen LogP contribution in [0.5, 0.6) is 0 Å². The van der Waals surface area contributed by atoms with E-state index in [0.29, 0.717) is 11.1 Å². The third kappa shape index (κ3) is 2.66. The number of piperidine rings is 1. The Balaban J connectivity index is 1.92. The molecule has 1 amide bonds. The minimum atomic E-state index is -0.212. The lowest BCUT2D eigenvalue weighted by molar-refractivity contribution is 0.0723. The topological polar surface area (TPSA) is 55.2 Å². The Kier molecular flexibility index (Phi) is 4.04. The van der Waals surface area contributed by atoms with Crippen molar-refractivity contribution in [1.29, 1.82) is 0 Å². The first-order valence-electron chi connectivity index (χ1n) is 7.61. The van der Waals surface area contributed by atoms with Crippen molar-refractivity contribution in [2.45, 2.75) is 26.2 Å². The number of hydrogen-bond acceptors (Lipinski definition) is 3. The summed E-state index contributed by atoms with van der Waals surface area (Å²) in [7, 11) is 0. The number of aromatic nitrogens is 2. The van der Waals surface area contributed by atoms with Crippen LogP contribution < -0.4 is 0 Å². The molecule has 0 unspecified atom stereocenters. The highest BCUT2D eigenvalue weighted by molar-refractivity contribution is 6.02. The Labute approximate surface area is 129 Å². The highest BCUT2D eigenvalue weighted by Gasteiger charge is 2.22. The zero-order valence-corrected chi connectivity index (χ0v) is 12.7. The summed E-state index contributed by atoms with van der Waals surface area (Å²) in [6.45, 7) is 3.43. The van der Waals surface area contributed by atoms with Crippen molar-refractivity contribution >= 4 is 11.8 Å². The molecule has 1 aromatic carbocycles. The second-order valence-corrected chi connectivity index (χ2v) is 5.59. The highest BCUT2D eigenvalue weighted by atomic mass is 16.2. The molecule has 0 radical (unpaired) electrons.